The number of carboxylic acids is 1. The smallest absolute Gasteiger partial charge is 0.329 e. The number of esters is 1. The predicted octanol–water partition coefficient (Wildman–Crippen LogP) is 5.31. The highest BCUT2D eigenvalue weighted by molar-refractivity contribution is 5.85. The predicted molar refractivity (Wildman–Crippen MR) is 160 cm³/mol. The van der Waals surface area contributed by atoms with Crippen molar-refractivity contribution in [1.82, 2.24) is 10.6 Å². The van der Waals surface area contributed by atoms with Crippen molar-refractivity contribution in [2.75, 3.05) is 33.0 Å². The van der Waals surface area contributed by atoms with E-state index >= 15 is 0 Å². The highest BCUT2D eigenvalue weighted by Gasteiger charge is 2.27. The topological polar surface area (TPSA) is 140 Å². The summed E-state index contributed by atoms with van der Waals surface area (Å²) in [6.07, 6.45) is 16.8. The van der Waals surface area contributed by atoms with Crippen LogP contribution in [0.5, 0.6) is 0 Å². The van der Waals surface area contributed by atoms with Gasteiger partial charge in [-0.15, -0.1) is 0 Å². The minimum atomic E-state index is -1.07. The van der Waals surface area contributed by atoms with Crippen LogP contribution in [0.15, 0.2) is 0 Å². The second-order valence-corrected chi connectivity index (χ2v) is 11.6. The molecule has 10 nitrogen and oxygen atoms in total. The zero-order valence-corrected chi connectivity index (χ0v) is 26.2. The van der Waals surface area contributed by atoms with Gasteiger partial charge >= 0.3 is 11.9 Å². The second kappa shape index (κ2) is 25.5. The first-order chi connectivity index (χ1) is 19.5. The van der Waals surface area contributed by atoms with Gasteiger partial charge in [0, 0.05) is 19.4 Å². The van der Waals surface area contributed by atoms with E-state index in [0.717, 1.165) is 12.8 Å². The first-order valence-electron chi connectivity index (χ1n) is 15.7. The molecule has 0 aliphatic carbocycles. The van der Waals surface area contributed by atoms with Crippen molar-refractivity contribution in [3.63, 3.8) is 0 Å². The Morgan fingerprint density at radius 2 is 1.24 bits per heavy atom. The molecule has 0 aromatic carbocycles. The van der Waals surface area contributed by atoms with E-state index < -0.39 is 29.5 Å². The summed E-state index contributed by atoms with van der Waals surface area (Å²) in [7, 11) is 0. The molecule has 0 aliphatic rings. The van der Waals surface area contributed by atoms with E-state index in [4.69, 9.17) is 19.3 Å². The number of rotatable bonds is 27. The highest BCUT2D eigenvalue weighted by atomic mass is 16.6. The molecular weight excluding hydrogens is 528 g/mol. The van der Waals surface area contributed by atoms with E-state index in [1.807, 2.05) is 0 Å². The fourth-order valence-corrected chi connectivity index (χ4v) is 4.16. The van der Waals surface area contributed by atoms with Gasteiger partial charge in [0.05, 0.1) is 19.8 Å². The zero-order valence-electron chi connectivity index (χ0n) is 26.2. The highest BCUT2D eigenvalue weighted by Crippen LogP contribution is 2.13. The summed E-state index contributed by atoms with van der Waals surface area (Å²) in [5.74, 6) is -2.28. The Bertz CT molecular complexity index is 709. The van der Waals surface area contributed by atoms with Crippen LogP contribution in [-0.4, -0.2) is 73.5 Å². The summed E-state index contributed by atoms with van der Waals surface area (Å²) in [5.41, 5.74) is -0.761. The molecule has 0 spiro atoms. The third kappa shape index (κ3) is 27.7. The van der Waals surface area contributed by atoms with E-state index in [0.29, 0.717) is 19.6 Å². The van der Waals surface area contributed by atoms with Crippen molar-refractivity contribution >= 4 is 23.8 Å². The molecular formula is C31H58N2O8. The molecule has 0 aromatic heterocycles. The summed E-state index contributed by atoms with van der Waals surface area (Å²) in [6, 6.07) is -1.07. The van der Waals surface area contributed by atoms with Crippen molar-refractivity contribution in [2.45, 2.75) is 142 Å². The standard InChI is InChI=1S/C31H58N2O8/c1-5-6-7-8-9-10-11-12-13-14-15-16-17-18-27(34)32-21-22-39-23-24-40-25-28(35)33-26(19-20-29(36)37)30(38)41-31(2,3)4/h26H,5-25H2,1-4H3,(H,32,34)(H,33,35)(H,36,37). The lowest BCUT2D eigenvalue weighted by Gasteiger charge is -2.24. The fraction of sp³-hybridized carbons (Fsp3) is 0.871. The molecule has 1 unspecified atom stereocenters. The average Bonchev–Trinajstić information content (AvgIpc) is 2.89. The van der Waals surface area contributed by atoms with Gasteiger partial charge in [-0.1, -0.05) is 84.0 Å². The molecule has 3 N–H and O–H groups in total. The molecule has 0 aliphatic heterocycles. The molecule has 0 bridgehead atoms. The minimum absolute atomic E-state index is 0.0343. The number of carbonyl (C=O) groups excluding carboxylic acids is 3. The Labute approximate surface area is 248 Å². The van der Waals surface area contributed by atoms with Crippen LogP contribution in [0.1, 0.15) is 130 Å². The Morgan fingerprint density at radius 1 is 0.707 bits per heavy atom. The average molecular weight is 587 g/mol. The molecule has 0 radical (unpaired) electrons. The number of aliphatic carboxylic acids is 1. The van der Waals surface area contributed by atoms with E-state index in [1.165, 1.54) is 70.6 Å². The van der Waals surface area contributed by atoms with Crippen LogP contribution in [0.2, 0.25) is 0 Å². The number of ether oxygens (including phenoxy) is 3. The van der Waals surface area contributed by atoms with Crippen LogP contribution < -0.4 is 10.6 Å². The number of carbonyl (C=O) groups is 4. The first-order valence-corrected chi connectivity index (χ1v) is 15.7. The maximum atomic E-state index is 12.3. The number of hydrogen-bond donors (Lipinski definition) is 3. The molecule has 10 heteroatoms. The third-order valence-corrected chi connectivity index (χ3v) is 6.35. The Balaban J connectivity index is 3.70. The van der Waals surface area contributed by atoms with E-state index in [-0.39, 0.29) is 38.6 Å². The maximum absolute atomic E-state index is 12.3. The lowest BCUT2D eigenvalue weighted by molar-refractivity contribution is -0.159. The number of carboxylic acid groups (broad SMARTS) is 1. The van der Waals surface area contributed by atoms with Crippen molar-refractivity contribution < 1.29 is 38.5 Å². The molecule has 41 heavy (non-hydrogen) atoms. The van der Waals surface area contributed by atoms with Crippen molar-refractivity contribution in [2.24, 2.45) is 0 Å². The molecule has 2 amide bonds. The van der Waals surface area contributed by atoms with E-state index in [2.05, 4.69) is 17.6 Å². The molecule has 240 valence electrons. The lowest BCUT2D eigenvalue weighted by atomic mass is 10.0. The van der Waals surface area contributed by atoms with Gasteiger partial charge in [-0.2, -0.15) is 0 Å². The van der Waals surface area contributed by atoms with Crippen LogP contribution in [0.3, 0.4) is 0 Å². The number of hydrogen-bond acceptors (Lipinski definition) is 7. The van der Waals surface area contributed by atoms with Gasteiger partial charge in [0.15, 0.2) is 0 Å². The van der Waals surface area contributed by atoms with Crippen LogP contribution >= 0.6 is 0 Å². The minimum Gasteiger partial charge on any atom is -0.481 e. The van der Waals surface area contributed by atoms with E-state index in [9.17, 15) is 19.2 Å². The zero-order chi connectivity index (χ0) is 30.8. The molecule has 0 fully saturated rings. The van der Waals surface area contributed by atoms with Crippen LogP contribution in [0, 0.1) is 0 Å². The molecule has 1 atom stereocenters. The maximum Gasteiger partial charge on any atom is 0.329 e. The fourth-order valence-electron chi connectivity index (χ4n) is 4.16. The number of unbranched alkanes of at least 4 members (excludes halogenated alkanes) is 12. The largest absolute Gasteiger partial charge is 0.481 e. The van der Waals surface area contributed by atoms with Crippen LogP contribution in [0.4, 0.5) is 0 Å². The first kappa shape index (κ1) is 38.8. The molecule has 0 heterocycles. The normalized spacial score (nSPS) is 12.1. The quantitative estimate of drug-likeness (QED) is 0.0869. The molecule has 0 aromatic rings. The monoisotopic (exact) mass is 586 g/mol. The van der Waals surface area contributed by atoms with Gasteiger partial charge in [0.2, 0.25) is 11.8 Å². The number of nitrogens with one attached hydrogen (secondary N) is 2. The van der Waals surface area contributed by atoms with Gasteiger partial charge in [0.25, 0.3) is 0 Å². The van der Waals surface area contributed by atoms with Gasteiger partial charge in [-0.05, 0) is 33.6 Å². The SMILES string of the molecule is CCCCCCCCCCCCCCCC(=O)NCCOCCOCC(=O)NC(CCC(=O)O)C(=O)OC(C)(C)C. The summed E-state index contributed by atoms with van der Waals surface area (Å²) in [6.45, 7) is 8.19. The van der Waals surface area contributed by atoms with Crippen molar-refractivity contribution in [3.8, 4) is 0 Å². The molecule has 0 saturated heterocycles. The van der Waals surface area contributed by atoms with Gasteiger partial charge < -0.3 is 30.0 Å². The third-order valence-electron chi connectivity index (χ3n) is 6.35. The van der Waals surface area contributed by atoms with Crippen molar-refractivity contribution in [3.05, 3.63) is 0 Å². The van der Waals surface area contributed by atoms with Gasteiger partial charge in [-0.3, -0.25) is 14.4 Å². The Hall–Kier alpha value is -2.20. The van der Waals surface area contributed by atoms with E-state index in [1.54, 1.807) is 20.8 Å². The van der Waals surface area contributed by atoms with Crippen LogP contribution in [0.25, 0.3) is 0 Å². The Morgan fingerprint density at radius 3 is 1.78 bits per heavy atom. The van der Waals surface area contributed by atoms with Crippen LogP contribution in [-0.2, 0) is 33.4 Å². The summed E-state index contributed by atoms with van der Waals surface area (Å²) >= 11 is 0. The number of amides is 2. The van der Waals surface area contributed by atoms with Crippen molar-refractivity contribution in [1.29, 1.82) is 0 Å². The van der Waals surface area contributed by atoms with Gasteiger partial charge in [0.1, 0.15) is 18.2 Å². The molecule has 0 saturated carbocycles. The van der Waals surface area contributed by atoms with Gasteiger partial charge in [-0.25, -0.2) is 4.79 Å². The summed E-state index contributed by atoms with van der Waals surface area (Å²) in [5, 5.41) is 14.2. The summed E-state index contributed by atoms with van der Waals surface area (Å²) < 4.78 is 15.9. The summed E-state index contributed by atoms with van der Waals surface area (Å²) in [4.78, 5) is 47.2. The second-order valence-electron chi connectivity index (χ2n) is 11.6. The lowest BCUT2D eigenvalue weighted by Crippen LogP contribution is -2.45. The Kier molecular flexibility index (Phi) is 24.1. The molecule has 0 rings (SSSR count).